The van der Waals surface area contributed by atoms with Gasteiger partial charge in [0.05, 0.1) is 12.3 Å². The first-order valence-corrected chi connectivity index (χ1v) is 8.21. The molecule has 0 saturated carbocycles. The zero-order valence-corrected chi connectivity index (χ0v) is 14.4. The highest BCUT2D eigenvalue weighted by Gasteiger charge is 2.09. The van der Waals surface area contributed by atoms with Gasteiger partial charge in [-0.1, -0.05) is 11.6 Å². The summed E-state index contributed by atoms with van der Waals surface area (Å²) in [6, 6.07) is 12.8. The fraction of sp³-hybridized carbons (Fsp3) is 0.167. The van der Waals surface area contributed by atoms with Crippen LogP contribution in [0.3, 0.4) is 0 Å². The Morgan fingerprint density at radius 1 is 1.08 bits per heavy atom. The molecule has 6 nitrogen and oxygen atoms in total. The number of pyridine rings is 1. The van der Waals surface area contributed by atoms with Crippen LogP contribution >= 0.6 is 11.6 Å². The molecule has 0 aliphatic rings. The Labute approximate surface area is 150 Å². The molecule has 0 radical (unpaired) electrons. The molecule has 0 aliphatic heterocycles. The Bertz CT molecular complexity index is 827. The highest BCUT2D eigenvalue weighted by Crippen LogP contribution is 2.24. The highest BCUT2D eigenvalue weighted by molar-refractivity contribution is 6.30. The lowest BCUT2D eigenvalue weighted by molar-refractivity contribution is 0.281. The molecule has 0 saturated heterocycles. The maximum absolute atomic E-state index is 9.26. The molecule has 0 aliphatic carbocycles. The summed E-state index contributed by atoms with van der Waals surface area (Å²) in [6.07, 6.45) is 3.43. The van der Waals surface area contributed by atoms with E-state index in [4.69, 9.17) is 11.6 Å². The van der Waals surface area contributed by atoms with Crippen LogP contribution in [0.4, 0.5) is 17.5 Å². The Balaban J connectivity index is 1.95. The predicted octanol–water partition coefficient (Wildman–Crippen LogP) is 3.73. The summed E-state index contributed by atoms with van der Waals surface area (Å²) in [6.45, 7) is 1.84. The van der Waals surface area contributed by atoms with Gasteiger partial charge in [0.2, 0.25) is 5.95 Å². The minimum Gasteiger partial charge on any atom is -0.394 e. The number of nitrogens with zero attached hydrogens (tertiary/aromatic N) is 3. The number of hydrogen-bond donors (Lipinski definition) is 3. The van der Waals surface area contributed by atoms with Crippen LogP contribution in [0.25, 0.3) is 11.3 Å². The third-order valence-corrected chi connectivity index (χ3v) is 3.72. The van der Waals surface area contributed by atoms with Gasteiger partial charge < -0.3 is 15.7 Å². The van der Waals surface area contributed by atoms with Crippen molar-refractivity contribution < 1.29 is 5.11 Å². The first-order valence-electron chi connectivity index (χ1n) is 7.83. The molecule has 3 rings (SSSR count). The van der Waals surface area contributed by atoms with E-state index in [1.54, 1.807) is 12.4 Å². The number of aromatic nitrogens is 3. The SMILES string of the molecule is C[C@@H](CO)Nc1nc(Nc2ccc(Cl)cc2)cc(-c2ccncc2)n1. The summed E-state index contributed by atoms with van der Waals surface area (Å²) < 4.78 is 0. The van der Waals surface area contributed by atoms with Gasteiger partial charge in [0.1, 0.15) is 5.82 Å². The van der Waals surface area contributed by atoms with Gasteiger partial charge in [-0.05, 0) is 43.3 Å². The van der Waals surface area contributed by atoms with Crippen molar-refractivity contribution in [3.8, 4) is 11.3 Å². The molecule has 2 aromatic heterocycles. The molecule has 1 aromatic carbocycles. The van der Waals surface area contributed by atoms with Gasteiger partial charge in [0.15, 0.2) is 0 Å². The van der Waals surface area contributed by atoms with Crippen LogP contribution in [0, 0.1) is 0 Å². The number of benzene rings is 1. The average molecular weight is 356 g/mol. The van der Waals surface area contributed by atoms with Crippen molar-refractivity contribution in [1.82, 2.24) is 15.0 Å². The molecule has 128 valence electrons. The van der Waals surface area contributed by atoms with Crippen LogP contribution in [0.1, 0.15) is 6.92 Å². The lowest BCUT2D eigenvalue weighted by Crippen LogP contribution is -2.21. The molecule has 0 unspecified atom stereocenters. The molecule has 7 heteroatoms. The first-order chi connectivity index (χ1) is 12.1. The van der Waals surface area contributed by atoms with Crippen LogP contribution in [-0.2, 0) is 0 Å². The number of aliphatic hydroxyl groups excluding tert-OH is 1. The topological polar surface area (TPSA) is 83.0 Å². The standard InChI is InChI=1S/C18H18ClN5O/c1-12(11-25)21-18-23-16(13-6-8-20-9-7-13)10-17(24-18)22-15-4-2-14(19)3-5-15/h2-10,12,25H,11H2,1H3,(H2,21,22,23,24)/t12-/m0/s1. The molecule has 0 bridgehead atoms. The van der Waals surface area contributed by atoms with Crippen LogP contribution in [0.5, 0.6) is 0 Å². The van der Waals surface area contributed by atoms with Gasteiger partial charge >= 0.3 is 0 Å². The number of halogens is 1. The average Bonchev–Trinajstić information content (AvgIpc) is 2.64. The van der Waals surface area contributed by atoms with E-state index in [-0.39, 0.29) is 12.6 Å². The van der Waals surface area contributed by atoms with Crippen molar-refractivity contribution in [1.29, 1.82) is 0 Å². The molecule has 1 atom stereocenters. The summed E-state index contributed by atoms with van der Waals surface area (Å²) in [7, 11) is 0. The molecule has 3 N–H and O–H groups in total. The van der Waals surface area contributed by atoms with E-state index in [2.05, 4.69) is 25.6 Å². The second-order valence-corrected chi connectivity index (χ2v) is 5.99. The summed E-state index contributed by atoms with van der Waals surface area (Å²) >= 11 is 5.93. The lowest BCUT2D eigenvalue weighted by atomic mass is 10.2. The Hall–Kier alpha value is -2.70. The van der Waals surface area contributed by atoms with E-state index in [1.807, 2.05) is 49.4 Å². The van der Waals surface area contributed by atoms with Crippen LogP contribution < -0.4 is 10.6 Å². The van der Waals surface area contributed by atoms with E-state index in [0.29, 0.717) is 16.8 Å². The van der Waals surface area contributed by atoms with Gasteiger partial charge in [0.25, 0.3) is 0 Å². The van der Waals surface area contributed by atoms with E-state index in [9.17, 15) is 5.11 Å². The maximum Gasteiger partial charge on any atom is 0.225 e. The fourth-order valence-corrected chi connectivity index (χ4v) is 2.32. The van der Waals surface area contributed by atoms with Gasteiger partial charge in [-0.3, -0.25) is 4.98 Å². The van der Waals surface area contributed by atoms with Crippen molar-refractivity contribution in [2.24, 2.45) is 0 Å². The number of rotatable bonds is 6. The highest BCUT2D eigenvalue weighted by atomic mass is 35.5. The van der Waals surface area contributed by atoms with Crippen LogP contribution in [0.2, 0.25) is 5.02 Å². The van der Waals surface area contributed by atoms with E-state index in [1.165, 1.54) is 0 Å². The monoisotopic (exact) mass is 355 g/mol. The molecular weight excluding hydrogens is 338 g/mol. The number of nitrogens with one attached hydrogen (secondary N) is 2. The fourth-order valence-electron chi connectivity index (χ4n) is 2.19. The van der Waals surface area contributed by atoms with Crippen molar-refractivity contribution in [2.75, 3.05) is 17.2 Å². The molecule has 2 heterocycles. The normalized spacial score (nSPS) is 11.8. The smallest absolute Gasteiger partial charge is 0.225 e. The zero-order chi connectivity index (χ0) is 17.6. The van der Waals surface area contributed by atoms with Gasteiger partial charge in [-0.2, -0.15) is 4.98 Å². The molecule has 0 amide bonds. The quantitative estimate of drug-likeness (QED) is 0.625. The van der Waals surface area contributed by atoms with Crippen molar-refractivity contribution in [3.05, 3.63) is 59.9 Å². The summed E-state index contributed by atoms with van der Waals surface area (Å²) in [5, 5.41) is 16.3. The van der Waals surface area contributed by atoms with Crippen LogP contribution in [0.15, 0.2) is 54.9 Å². The Morgan fingerprint density at radius 2 is 1.80 bits per heavy atom. The predicted molar refractivity (Wildman–Crippen MR) is 100 cm³/mol. The largest absolute Gasteiger partial charge is 0.394 e. The second kappa shape index (κ2) is 7.92. The Morgan fingerprint density at radius 3 is 2.48 bits per heavy atom. The van der Waals surface area contributed by atoms with Gasteiger partial charge in [0, 0.05) is 40.8 Å². The zero-order valence-electron chi connectivity index (χ0n) is 13.6. The minimum absolute atomic E-state index is 0.0111. The summed E-state index contributed by atoms with van der Waals surface area (Å²) in [5.74, 6) is 1.07. The first kappa shape index (κ1) is 17.1. The van der Waals surface area contributed by atoms with E-state index in [0.717, 1.165) is 16.9 Å². The van der Waals surface area contributed by atoms with Gasteiger partial charge in [-0.15, -0.1) is 0 Å². The lowest BCUT2D eigenvalue weighted by Gasteiger charge is -2.14. The molecule has 0 fully saturated rings. The van der Waals surface area contributed by atoms with Crippen molar-refractivity contribution in [3.63, 3.8) is 0 Å². The molecular formula is C18H18ClN5O. The van der Waals surface area contributed by atoms with E-state index < -0.39 is 0 Å². The third-order valence-electron chi connectivity index (χ3n) is 3.47. The molecule has 3 aromatic rings. The summed E-state index contributed by atoms with van der Waals surface area (Å²) in [4.78, 5) is 13.0. The molecule has 25 heavy (non-hydrogen) atoms. The third kappa shape index (κ3) is 4.65. The molecule has 0 spiro atoms. The second-order valence-electron chi connectivity index (χ2n) is 5.56. The minimum atomic E-state index is -0.156. The number of hydrogen-bond acceptors (Lipinski definition) is 6. The van der Waals surface area contributed by atoms with Crippen LogP contribution in [-0.4, -0.2) is 32.7 Å². The maximum atomic E-state index is 9.26. The Kier molecular flexibility index (Phi) is 5.42. The van der Waals surface area contributed by atoms with Gasteiger partial charge in [-0.25, -0.2) is 4.98 Å². The van der Waals surface area contributed by atoms with Crippen molar-refractivity contribution >= 4 is 29.1 Å². The summed E-state index contributed by atoms with van der Waals surface area (Å²) in [5.41, 5.74) is 2.54. The van der Waals surface area contributed by atoms with E-state index >= 15 is 0 Å². The van der Waals surface area contributed by atoms with Crippen molar-refractivity contribution in [2.45, 2.75) is 13.0 Å². The number of anilines is 3. The number of aliphatic hydroxyl groups is 1.